The molecule has 1 fully saturated rings. The summed E-state index contributed by atoms with van der Waals surface area (Å²) in [5.74, 6) is 0.280. The van der Waals surface area contributed by atoms with Crippen LogP contribution in [-0.2, 0) is 17.9 Å². The molecule has 4 heteroatoms. The number of rotatable bonds is 5. The van der Waals surface area contributed by atoms with Crippen molar-refractivity contribution in [2.45, 2.75) is 33.4 Å². The van der Waals surface area contributed by atoms with E-state index >= 15 is 0 Å². The van der Waals surface area contributed by atoms with Crippen molar-refractivity contribution in [2.75, 3.05) is 26.2 Å². The van der Waals surface area contributed by atoms with E-state index in [1.807, 2.05) is 11.0 Å². The highest BCUT2D eigenvalue weighted by molar-refractivity contribution is 5.76. The first-order valence-electron chi connectivity index (χ1n) is 8.80. The number of aromatic nitrogens is 1. The van der Waals surface area contributed by atoms with Crippen LogP contribution in [0.4, 0.5) is 0 Å². The summed E-state index contributed by atoms with van der Waals surface area (Å²) in [5, 5.41) is 0. The zero-order valence-corrected chi connectivity index (χ0v) is 14.7. The molecule has 1 aliphatic rings. The third kappa shape index (κ3) is 4.06. The third-order valence-electron chi connectivity index (χ3n) is 4.94. The number of aryl methyl sites for hydroxylation is 2. The lowest BCUT2D eigenvalue weighted by atomic mass is 10.2. The second-order valence-electron chi connectivity index (χ2n) is 6.66. The van der Waals surface area contributed by atoms with E-state index < -0.39 is 0 Å². The van der Waals surface area contributed by atoms with Crippen molar-refractivity contribution >= 4 is 5.91 Å². The molecule has 1 aliphatic heterocycles. The van der Waals surface area contributed by atoms with Gasteiger partial charge in [-0.2, -0.15) is 0 Å². The number of hydrogen-bond acceptors (Lipinski definition) is 2. The van der Waals surface area contributed by atoms with Gasteiger partial charge in [-0.1, -0.05) is 30.3 Å². The van der Waals surface area contributed by atoms with Gasteiger partial charge >= 0.3 is 0 Å². The fraction of sp³-hybridized carbons (Fsp3) is 0.450. The molecule has 0 atom stereocenters. The summed E-state index contributed by atoms with van der Waals surface area (Å²) in [6.45, 7) is 9.56. The van der Waals surface area contributed by atoms with Gasteiger partial charge in [-0.15, -0.1) is 0 Å². The number of carbonyl (C=O) groups excluding carboxylic acids is 1. The molecule has 0 aliphatic carbocycles. The average Bonchev–Trinajstić information content (AvgIpc) is 2.92. The SMILES string of the molecule is Cc1ccc(C)n1CCC(=O)N1CCN(Cc2ccccc2)CC1. The van der Waals surface area contributed by atoms with Crippen LogP contribution in [0.3, 0.4) is 0 Å². The lowest BCUT2D eigenvalue weighted by Gasteiger charge is -2.35. The number of carbonyl (C=O) groups is 1. The molecule has 128 valence electrons. The Bertz CT molecular complexity index is 650. The van der Waals surface area contributed by atoms with Crippen molar-refractivity contribution < 1.29 is 4.79 Å². The van der Waals surface area contributed by atoms with Gasteiger partial charge in [0.1, 0.15) is 0 Å². The molecule has 2 heterocycles. The molecule has 0 saturated carbocycles. The minimum Gasteiger partial charge on any atom is -0.349 e. The Morgan fingerprint density at radius 1 is 0.917 bits per heavy atom. The minimum atomic E-state index is 0.280. The maximum Gasteiger partial charge on any atom is 0.224 e. The second-order valence-corrected chi connectivity index (χ2v) is 6.66. The first kappa shape index (κ1) is 16.8. The molecule has 0 N–H and O–H groups in total. The van der Waals surface area contributed by atoms with Gasteiger partial charge in [-0.05, 0) is 31.5 Å². The Morgan fingerprint density at radius 3 is 2.17 bits per heavy atom. The highest BCUT2D eigenvalue weighted by Crippen LogP contribution is 2.11. The summed E-state index contributed by atoms with van der Waals surface area (Å²) in [6.07, 6.45) is 0.592. The van der Waals surface area contributed by atoms with Crippen LogP contribution in [0, 0.1) is 13.8 Å². The first-order valence-corrected chi connectivity index (χ1v) is 8.80. The maximum absolute atomic E-state index is 12.5. The number of hydrogen-bond donors (Lipinski definition) is 0. The summed E-state index contributed by atoms with van der Waals surface area (Å²) >= 11 is 0. The van der Waals surface area contributed by atoms with E-state index in [1.54, 1.807) is 0 Å². The van der Waals surface area contributed by atoms with Crippen molar-refractivity contribution in [3.8, 4) is 0 Å². The third-order valence-corrected chi connectivity index (χ3v) is 4.94. The van der Waals surface area contributed by atoms with E-state index in [4.69, 9.17) is 0 Å². The van der Waals surface area contributed by atoms with E-state index in [0.717, 1.165) is 39.3 Å². The molecule has 0 unspecified atom stereocenters. The fourth-order valence-electron chi connectivity index (χ4n) is 3.41. The van der Waals surface area contributed by atoms with Gasteiger partial charge in [0.25, 0.3) is 0 Å². The van der Waals surface area contributed by atoms with Gasteiger partial charge in [-0.3, -0.25) is 9.69 Å². The number of piperazine rings is 1. The van der Waals surface area contributed by atoms with Crippen LogP contribution in [0.25, 0.3) is 0 Å². The van der Waals surface area contributed by atoms with E-state index in [-0.39, 0.29) is 5.91 Å². The highest BCUT2D eigenvalue weighted by atomic mass is 16.2. The second kappa shape index (κ2) is 7.67. The number of benzene rings is 1. The Labute approximate surface area is 144 Å². The monoisotopic (exact) mass is 325 g/mol. The van der Waals surface area contributed by atoms with Crippen LogP contribution in [0.1, 0.15) is 23.4 Å². The predicted molar refractivity (Wildman–Crippen MR) is 96.8 cm³/mol. The summed E-state index contributed by atoms with van der Waals surface area (Å²) < 4.78 is 2.23. The van der Waals surface area contributed by atoms with E-state index in [9.17, 15) is 4.79 Å². The van der Waals surface area contributed by atoms with Crippen molar-refractivity contribution in [3.05, 3.63) is 59.4 Å². The van der Waals surface area contributed by atoms with Crippen LogP contribution in [0.5, 0.6) is 0 Å². The fourth-order valence-corrected chi connectivity index (χ4v) is 3.41. The predicted octanol–water partition coefficient (Wildman–Crippen LogP) is 2.84. The number of amides is 1. The Morgan fingerprint density at radius 2 is 1.54 bits per heavy atom. The van der Waals surface area contributed by atoms with Crippen LogP contribution in [0.2, 0.25) is 0 Å². The molecule has 0 spiro atoms. The first-order chi connectivity index (χ1) is 11.6. The Hall–Kier alpha value is -2.07. The van der Waals surface area contributed by atoms with E-state index in [1.165, 1.54) is 17.0 Å². The molecule has 24 heavy (non-hydrogen) atoms. The van der Waals surface area contributed by atoms with E-state index in [2.05, 4.69) is 59.7 Å². The molecule has 1 amide bonds. The Balaban J connectivity index is 1.45. The number of nitrogens with zero attached hydrogens (tertiary/aromatic N) is 3. The van der Waals surface area contributed by atoms with Gasteiger partial charge < -0.3 is 9.47 Å². The summed E-state index contributed by atoms with van der Waals surface area (Å²) in [5.41, 5.74) is 3.80. The van der Waals surface area contributed by atoms with Crippen molar-refractivity contribution in [1.82, 2.24) is 14.4 Å². The standard InChI is InChI=1S/C20H27N3O/c1-17-8-9-18(2)23(17)11-10-20(24)22-14-12-21(13-15-22)16-19-6-4-3-5-7-19/h3-9H,10-16H2,1-2H3. The van der Waals surface area contributed by atoms with Crippen LogP contribution < -0.4 is 0 Å². The zero-order valence-electron chi connectivity index (χ0n) is 14.7. The van der Waals surface area contributed by atoms with Crippen LogP contribution in [0.15, 0.2) is 42.5 Å². The largest absolute Gasteiger partial charge is 0.349 e. The highest BCUT2D eigenvalue weighted by Gasteiger charge is 2.21. The van der Waals surface area contributed by atoms with Crippen molar-refractivity contribution in [2.24, 2.45) is 0 Å². The summed E-state index contributed by atoms with van der Waals surface area (Å²) in [6, 6.07) is 14.8. The quantitative estimate of drug-likeness (QED) is 0.846. The van der Waals surface area contributed by atoms with Crippen LogP contribution >= 0.6 is 0 Å². The van der Waals surface area contributed by atoms with Gasteiger partial charge in [0, 0.05) is 57.1 Å². The van der Waals surface area contributed by atoms with Gasteiger partial charge in [0.2, 0.25) is 5.91 Å². The molecule has 1 aromatic heterocycles. The smallest absolute Gasteiger partial charge is 0.224 e. The topological polar surface area (TPSA) is 28.5 Å². The van der Waals surface area contributed by atoms with Crippen LogP contribution in [-0.4, -0.2) is 46.5 Å². The lowest BCUT2D eigenvalue weighted by Crippen LogP contribution is -2.48. The molecule has 3 rings (SSSR count). The molecule has 0 radical (unpaired) electrons. The molecule has 0 bridgehead atoms. The summed E-state index contributed by atoms with van der Waals surface area (Å²) in [4.78, 5) is 16.9. The molecule has 1 saturated heterocycles. The van der Waals surface area contributed by atoms with Crippen molar-refractivity contribution in [1.29, 1.82) is 0 Å². The average molecular weight is 325 g/mol. The van der Waals surface area contributed by atoms with Gasteiger partial charge in [-0.25, -0.2) is 0 Å². The molecule has 2 aromatic rings. The Kier molecular flexibility index (Phi) is 5.36. The van der Waals surface area contributed by atoms with Crippen molar-refractivity contribution in [3.63, 3.8) is 0 Å². The molecule has 4 nitrogen and oxygen atoms in total. The zero-order chi connectivity index (χ0) is 16.9. The lowest BCUT2D eigenvalue weighted by molar-refractivity contribution is -0.133. The van der Waals surface area contributed by atoms with E-state index in [0.29, 0.717) is 6.42 Å². The normalized spacial score (nSPS) is 15.7. The van der Waals surface area contributed by atoms with Gasteiger partial charge in [0.05, 0.1) is 0 Å². The summed E-state index contributed by atoms with van der Waals surface area (Å²) in [7, 11) is 0. The molecular formula is C20H27N3O. The molecule has 1 aromatic carbocycles. The van der Waals surface area contributed by atoms with Gasteiger partial charge in [0.15, 0.2) is 0 Å². The maximum atomic E-state index is 12.5. The minimum absolute atomic E-state index is 0.280. The molecular weight excluding hydrogens is 298 g/mol.